The Morgan fingerprint density at radius 2 is 1.83 bits per heavy atom. The van der Waals surface area contributed by atoms with E-state index in [2.05, 4.69) is 20.7 Å². The Morgan fingerprint density at radius 3 is 2.33 bits per heavy atom. The molecule has 0 atom stereocenters. The molecular formula is C11H13BrN2O3S. The van der Waals surface area contributed by atoms with Crippen LogP contribution in [0.5, 0.6) is 0 Å². The first kappa shape index (κ1) is 13.4. The number of piperazine rings is 1. The molecule has 5 nitrogen and oxygen atoms in total. The summed E-state index contributed by atoms with van der Waals surface area (Å²) < 4.78 is 5.60. The zero-order chi connectivity index (χ0) is 13.1. The number of hydrogen-bond donors (Lipinski definition) is 0. The quantitative estimate of drug-likeness (QED) is 0.790. The molecule has 0 N–H and O–H groups in total. The minimum atomic E-state index is -0.332. The molecule has 0 radical (unpaired) electrons. The van der Waals surface area contributed by atoms with E-state index in [0.29, 0.717) is 31.1 Å². The van der Waals surface area contributed by atoms with Gasteiger partial charge in [-0.1, -0.05) is 0 Å². The van der Waals surface area contributed by atoms with E-state index >= 15 is 0 Å². The molecule has 0 aliphatic carbocycles. The average molecular weight is 333 g/mol. The van der Waals surface area contributed by atoms with Gasteiger partial charge in [-0.15, -0.1) is 11.3 Å². The van der Waals surface area contributed by atoms with Crippen molar-refractivity contribution < 1.29 is 14.3 Å². The highest BCUT2D eigenvalue weighted by Crippen LogP contribution is 2.23. The van der Waals surface area contributed by atoms with Gasteiger partial charge >= 0.3 is 6.09 Å². The predicted molar refractivity (Wildman–Crippen MR) is 71.9 cm³/mol. The van der Waals surface area contributed by atoms with Gasteiger partial charge in [-0.25, -0.2) is 4.79 Å². The lowest BCUT2D eigenvalue weighted by Crippen LogP contribution is -2.50. The van der Waals surface area contributed by atoms with E-state index in [1.54, 1.807) is 9.80 Å². The Balaban J connectivity index is 1.94. The molecule has 0 spiro atoms. The maximum atomic E-state index is 12.1. The monoisotopic (exact) mass is 332 g/mol. The second-order valence-electron chi connectivity index (χ2n) is 3.85. The van der Waals surface area contributed by atoms with Crippen LogP contribution in [0.15, 0.2) is 15.9 Å². The standard InChI is InChI=1S/C11H13BrN2O3S/c1-17-11(16)14-6-4-13(5-7-14)10(15)8-2-3-9(12)18-8/h2-3H,4-7H2,1H3. The fourth-order valence-electron chi connectivity index (χ4n) is 1.81. The second-order valence-corrected chi connectivity index (χ2v) is 6.32. The summed E-state index contributed by atoms with van der Waals surface area (Å²) in [6.07, 6.45) is -0.332. The first-order chi connectivity index (χ1) is 8.61. The second kappa shape index (κ2) is 5.71. The number of carbonyl (C=O) groups excluding carboxylic acids is 2. The van der Waals surface area contributed by atoms with Crippen molar-refractivity contribution in [3.05, 3.63) is 20.8 Å². The molecule has 1 aliphatic rings. The maximum Gasteiger partial charge on any atom is 0.409 e. The normalized spacial score (nSPS) is 15.7. The van der Waals surface area contributed by atoms with Crippen molar-refractivity contribution in [2.45, 2.75) is 0 Å². The third kappa shape index (κ3) is 2.84. The van der Waals surface area contributed by atoms with Crippen LogP contribution in [0.2, 0.25) is 0 Å². The highest BCUT2D eigenvalue weighted by atomic mass is 79.9. The van der Waals surface area contributed by atoms with E-state index in [1.807, 2.05) is 12.1 Å². The molecule has 1 saturated heterocycles. The zero-order valence-corrected chi connectivity index (χ0v) is 12.3. The molecule has 98 valence electrons. The number of amides is 2. The Kier molecular flexibility index (Phi) is 4.23. The van der Waals surface area contributed by atoms with Crippen LogP contribution in [0.25, 0.3) is 0 Å². The SMILES string of the molecule is COC(=O)N1CCN(C(=O)c2ccc(Br)s2)CC1. The lowest BCUT2D eigenvalue weighted by atomic mass is 10.3. The van der Waals surface area contributed by atoms with Crippen molar-refractivity contribution in [1.29, 1.82) is 0 Å². The van der Waals surface area contributed by atoms with Crippen molar-refractivity contribution in [3.8, 4) is 0 Å². The number of thiophene rings is 1. The topological polar surface area (TPSA) is 49.9 Å². The van der Waals surface area contributed by atoms with E-state index in [1.165, 1.54) is 18.4 Å². The third-order valence-electron chi connectivity index (χ3n) is 2.78. The van der Waals surface area contributed by atoms with Gasteiger partial charge in [-0.05, 0) is 28.1 Å². The minimum absolute atomic E-state index is 0.0233. The highest BCUT2D eigenvalue weighted by Gasteiger charge is 2.25. The number of nitrogens with zero attached hydrogens (tertiary/aromatic N) is 2. The summed E-state index contributed by atoms with van der Waals surface area (Å²) in [5.41, 5.74) is 0. The Labute approximate surface area is 117 Å². The van der Waals surface area contributed by atoms with Crippen LogP contribution in [-0.4, -0.2) is 55.1 Å². The van der Waals surface area contributed by atoms with Gasteiger partial charge < -0.3 is 14.5 Å². The summed E-state index contributed by atoms with van der Waals surface area (Å²) in [7, 11) is 1.36. The number of ether oxygens (including phenoxy) is 1. The smallest absolute Gasteiger partial charge is 0.409 e. The Hall–Kier alpha value is -1.08. The van der Waals surface area contributed by atoms with E-state index in [9.17, 15) is 9.59 Å². The molecule has 0 bridgehead atoms. The summed E-state index contributed by atoms with van der Waals surface area (Å²) in [5.74, 6) is 0.0233. The number of hydrogen-bond acceptors (Lipinski definition) is 4. The molecule has 1 aliphatic heterocycles. The molecule has 0 saturated carbocycles. The summed E-state index contributed by atoms with van der Waals surface area (Å²) >= 11 is 4.76. The van der Waals surface area contributed by atoms with Crippen LogP contribution in [0.4, 0.5) is 4.79 Å². The lowest BCUT2D eigenvalue weighted by Gasteiger charge is -2.33. The van der Waals surface area contributed by atoms with Crippen molar-refractivity contribution in [1.82, 2.24) is 9.80 Å². The van der Waals surface area contributed by atoms with Crippen LogP contribution < -0.4 is 0 Å². The number of methoxy groups -OCH3 is 1. The number of rotatable bonds is 1. The van der Waals surface area contributed by atoms with E-state index in [-0.39, 0.29) is 12.0 Å². The average Bonchev–Trinajstić information content (AvgIpc) is 2.84. The van der Waals surface area contributed by atoms with Gasteiger partial charge in [0.15, 0.2) is 0 Å². The van der Waals surface area contributed by atoms with E-state index in [4.69, 9.17) is 0 Å². The minimum Gasteiger partial charge on any atom is -0.453 e. The van der Waals surface area contributed by atoms with Gasteiger partial charge in [-0.3, -0.25) is 4.79 Å². The van der Waals surface area contributed by atoms with Crippen LogP contribution >= 0.6 is 27.3 Å². The van der Waals surface area contributed by atoms with Crippen molar-refractivity contribution in [2.75, 3.05) is 33.3 Å². The molecule has 7 heteroatoms. The molecule has 18 heavy (non-hydrogen) atoms. The summed E-state index contributed by atoms with van der Waals surface area (Å²) in [4.78, 5) is 27.5. The van der Waals surface area contributed by atoms with Gasteiger partial charge in [0.2, 0.25) is 0 Å². The van der Waals surface area contributed by atoms with Crippen LogP contribution in [0, 0.1) is 0 Å². The first-order valence-electron chi connectivity index (χ1n) is 5.49. The highest BCUT2D eigenvalue weighted by molar-refractivity contribution is 9.11. The fraction of sp³-hybridized carbons (Fsp3) is 0.455. The van der Waals surface area contributed by atoms with Crippen LogP contribution in [0.1, 0.15) is 9.67 Å². The van der Waals surface area contributed by atoms with Crippen molar-refractivity contribution in [2.24, 2.45) is 0 Å². The van der Waals surface area contributed by atoms with Gasteiger partial charge in [0.05, 0.1) is 15.8 Å². The molecule has 1 fully saturated rings. The summed E-state index contributed by atoms with van der Waals surface area (Å²) in [5, 5.41) is 0. The molecule has 2 heterocycles. The molecule has 1 aromatic heterocycles. The molecule has 2 amide bonds. The molecule has 0 unspecified atom stereocenters. The largest absolute Gasteiger partial charge is 0.453 e. The molecule has 0 aromatic carbocycles. The van der Waals surface area contributed by atoms with Crippen LogP contribution in [0.3, 0.4) is 0 Å². The van der Waals surface area contributed by atoms with Gasteiger partial charge in [0.1, 0.15) is 0 Å². The van der Waals surface area contributed by atoms with Gasteiger partial charge in [0, 0.05) is 26.2 Å². The zero-order valence-electron chi connectivity index (χ0n) is 9.89. The summed E-state index contributed by atoms with van der Waals surface area (Å²) in [6.45, 7) is 2.13. The lowest BCUT2D eigenvalue weighted by molar-refractivity contribution is 0.0604. The maximum absolute atomic E-state index is 12.1. The van der Waals surface area contributed by atoms with Crippen molar-refractivity contribution in [3.63, 3.8) is 0 Å². The fourth-order valence-corrected chi connectivity index (χ4v) is 3.16. The van der Waals surface area contributed by atoms with Crippen molar-refractivity contribution >= 4 is 39.3 Å². The molecule has 2 rings (SSSR count). The number of halogens is 1. The Bertz CT molecular complexity index is 455. The Morgan fingerprint density at radius 1 is 1.22 bits per heavy atom. The van der Waals surface area contributed by atoms with E-state index in [0.717, 1.165) is 3.79 Å². The first-order valence-corrected chi connectivity index (χ1v) is 7.10. The van der Waals surface area contributed by atoms with E-state index < -0.39 is 0 Å². The predicted octanol–water partition coefficient (Wildman–Crippen LogP) is 2.03. The van der Waals surface area contributed by atoms with Gasteiger partial charge in [0.25, 0.3) is 5.91 Å². The summed E-state index contributed by atoms with van der Waals surface area (Å²) in [6, 6.07) is 3.67. The third-order valence-corrected chi connectivity index (χ3v) is 4.40. The van der Waals surface area contributed by atoms with Gasteiger partial charge in [-0.2, -0.15) is 0 Å². The molecular weight excluding hydrogens is 320 g/mol. The number of carbonyl (C=O) groups is 2. The molecule has 1 aromatic rings. The van der Waals surface area contributed by atoms with Crippen LogP contribution in [-0.2, 0) is 4.74 Å².